The molecule has 3 nitrogen and oxygen atoms in total. The lowest BCUT2D eigenvalue weighted by Gasteiger charge is -2.07. The van der Waals surface area contributed by atoms with Crippen molar-refractivity contribution in [2.45, 2.75) is 0 Å². The molecule has 2 rings (SSSR count). The Balaban J connectivity index is 2.20. The van der Waals surface area contributed by atoms with Gasteiger partial charge in [-0.15, -0.1) is 11.3 Å². The fourth-order valence-electron chi connectivity index (χ4n) is 1.65. The van der Waals surface area contributed by atoms with Gasteiger partial charge in [0.25, 0.3) is 0 Å². The van der Waals surface area contributed by atoms with Crippen molar-refractivity contribution in [2.75, 3.05) is 14.2 Å². The monoisotopic (exact) mass is 308 g/mol. The maximum atomic E-state index is 12.0. The van der Waals surface area contributed by atoms with Gasteiger partial charge in [0.15, 0.2) is 5.78 Å². The van der Waals surface area contributed by atoms with E-state index in [0.29, 0.717) is 20.7 Å². The summed E-state index contributed by atoms with van der Waals surface area (Å²) >= 11 is 7.07. The largest absolute Gasteiger partial charge is 0.497 e. The van der Waals surface area contributed by atoms with Crippen molar-refractivity contribution in [1.82, 2.24) is 0 Å². The van der Waals surface area contributed by atoms with Gasteiger partial charge in [-0.3, -0.25) is 4.79 Å². The maximum absolute atomic E-state index is 12.0. The molecule has 20 heavy (non-hydrogen) atoms. The van der Waals surface area contributed by atoms with Crippen molar-refractivity contribution in [3.63, 3.8) is 0 Å². The summed E-state index contributed by atoms with van der Waals surface area (Å²) in [5.41, 5.74) is 0.810. The van der Waals surface area contributed by atoms with Gasteiger partial charge < -0.3 is 9.47 Å². The van der Waals surface area contributed by atoms with Gasteiger partial charge >= 0.3 is 0 Å². The van der Waals surface area contributed by atoms with Crippen molar-refractivity contribution >= 4 is 34.8 Å². The van der Waals surface area contributed by atoms with Crippen LogP contribution >= 0.6 is 22.9 Å². The predicted molar refractivity (Wildman–Crippen MR) is 82.2 cm³/mol. The molecule has 0 saturated carbocycles. The third kappa shape index (κ3) is 3.40. The van der Waals surface area contributed by atoms with Gasteiger partial charge in [0.05, 0.1) is 23.4 Å². The highest BCUT2D eigenvalue weighted by Gasteiger charge is 2.06. The predicted octanol–water partition coefficient (Wildman–Crippen LogP) is 4.31. The lowest BCUT2D eigenvalue weighted by atomic mass is 10.1. The zero-order valence-electron chi connectivity index (χ0n) is 11.1. The molecule has 1 aromatic carbocycles. The van der Waals surface area contributed by atoms with E-state index in [1.54, 1.807) is 38.5 Å². The highest BCUT2D eigenvalue weighted by molar-refractivity contribution is 7.18. The molecule has 1 aromatic heterocycles. The summed E-state index contributed by atoms with van der Waals surface area (Å²) in [7, 11) is 3.17. The molecule has 2 aromatic rings. The van der Waals surface area contributed by atoms with Gasteiger partial charge in [-0.25, -0.2) is 0 Å². The van der Waals surface area contributed by atoms with Gasteiger partial charge in [0.1, 0.15) is 11.5 Å². The highest BCUT2D eigenvalue weighted by Crippen LogP contribution is 2.26. The quantitative estimate of drug-likeness (QED) is 0.610. The van der Waals surface area contributed by atoms with Crippen LogP contribution in [0, 0.1) is 0 Å². The SMILES string of the molecule is COc1ccc(/C=C/C(=O)c2ccc(Cl)s2)c(OC)c1. The number of carbonyl (C=O) groups is 1. The number of hydrogen-bond acceptors (Lipinski definition) is 4. The maximum Gasteiger partial charge on any atom is 0.195 e. The summed E-state index contributed by atoms with van der Waals surface area (Å²) < 4.78 is 11.0. The first-order valence-electron chi connectivity index (χ1n) is 5.84. The Morgan fingerprint density at radius 3 is 2.60 bits per heavy atom. The topological polar surface area (TPSA) is 35.5 Å². The minimum atomic E-state index is -0.0835. The Hall–Kier alpha value is -1.78. The zero-order valence-corrected chi connectivity index (χ0v) is 12.6. The van der Waals surface area contributed by atoms with Crippen LogP contribution in [0.2, 0.25) is 4.34 Å². The molecule has 0 amide bonds. The third-order valence-electron chi connectivity index (χ3n) is 2.67. The Morgan fingerprint density at radius 2 is 2.00 bits per heavy atom. The number of ether oxygens (including phenoxy) is 2. The Kier molecular flexibility index (Phi) is 4.82. The molecule has 5 heteroatoms. The van der Waals surface area contributed by atoms with E-state index in [2.05, 4.69) is 0 Å². The molecule has 0 bridgehead atoms. The van der Waals surface area contributed by atoms with Gasteiger partial charge in [0, 0.05) is 11.6 Å². The number of hydrogen-bond donors (Lipinski definition) is 0. The number of methoxy groups -OCH3 is 2. The number of thiophene rings is 1. The second-order valence-electron chi connectivity index (χ2n) is 3.91. The minimum Gasteiger partial charge on any atom is -0.497 e. The molecular weight excluding hydrogens is 296 g/mol. The Bertz CT molecular complexity index is 646. The van der Waals surface area contributed by atoms with Crippen LogP contribution in [-0.2, 0) is 0 Å². The van der Waals surface area contributed by atoms with Crippen molar-refractivity contribution < 1.29 is 14.3 Å². The van der Waals surface area contributed by atoms with E-state index in [0.717, 1.165) is 5.56 Å². The summed E-state index contributed by atoms with van der Waals surface area (Å²) in [6.07, 6.45) is 3.22. The standard InChI is InChI=1S/C15H13ClO3S/c1-18-11-5-3-10(13(9-11)19-2)4-6-12(17)14-7-8-15(16)20-14/h3-9H,1-2H3/b6-4+. The summed E-state index contributed by atoms with van der Waals surface area (Å²) in [6.45, 7) is 0. The van der Waals surface area contributed by atoms with Gasteiger partial charge in [-0.1, -0.05) is 11.6 Å². The molecule has 0 aliphatic rings. The fourth-order valence-corrected chi connectivity index (χ4v) is 2.61. The smallest absolute Gasteiger partial charge is 0.195 e. The van der Waals surface area contributed by atoms with Gasteiger partial charge in [-0.2, -0.15) is 0 Å². The summed E-state index contributed by atoms with van der Waals surface area (Å²) in [5.74, 6) is 1.27. The van der Waals surface area contributed by atoms with Crippen molar-refractivity contribution in [1.29, 1.82) is 0 Å². The van der Waals surface area contributed by atoms with Crippen LogP contribution in [0.3, 0.4) is 0 Å². The summed E-state index contributed by atoms with van der Waals surface area (Å²) in [6, 6.07) is 8.84. The molecule has 104 valence electrons. The molecular formula is C15H13ClO3S. The molecule has 0 N–H and O–H groups in total. The van der Waals surface area contributed by atoms with Crippen LogP contribution in [0.4, 0.5) is 0 Å². The average Bonchev–Trinajstić information content (AvgIpc) is 2.91. The zero-order chi connectivity index (χ0) is 14.5. The van der Waals surface area contributed by atoms with E-state index in [1.165, 1.54) is 17.4 Å². The normalized spacial score (nSPS) is 10.8. The van der Waals surface area contributed by atoms with Crippen LogP contribution in [0.25, 0.3) is 6.08 Å². The van der Waals surface area contributed by atoms with E-state index in [4.69, 9.17) is 21.1 Å². The molecule has 0 spiro atoms. The number of allylic oxidation sites excluding steroid dienone is 1. The molecule has 1 heterocycles. The highest BCUT2D eigenvalue weighted by atomic mass is 35.5. The lowest BCUT2D eigenvalue weighted by molar-refractivity contribution is 0.105. The number of halogens is 1. The van der Waals surface area contributed by atoms with E-state index in [-0.39, 0.29) is 5.78 Å². The molecule has 0 radical (unpaired) electrons. The van der Waals surface area contributed by atoms with E-state index in [9.17, 15) is 4.79 Å². The van der Waals surface area contributed by atoms with E-state index >= 15 is 0 Å². The Morgan fingerprint density at radius 1 is 1.20 bits per heavy atom. The molecule has 0 unspecified atom stereocenters. The fraction of sp³-hybridized carbons (Fsp3) is 0.133. The number of rotatable bonds is 5. The summed E-state index contributed by atoms with van der Waals surface area (Å²) in [4.78, 5) is 12.6. The first-order valence-corrected chi connectivity index (χ1v) is 7.03. The Labute approximate surface area is 126 Å². The molecule has 0 aliphatic carbocycles. The summed E-state index contributed by atoms with van der Waals surface area (Å²) in [5, 5.41) is 0. The van der Waals surface area contributed by atoms with E-state index < -0.39 is 0 Å². The molecule has 0 fully saturated rings. The van der Waals surface area contributed by atoms with Crippen LogP contribution in [0.1, 0.15) is 15.2 Å². The second kappa shape index (κ2) is 6.59. The first kappa shape index (κ1) is 14.6. The van der Waals surface area contributed by atoms with Crippen LogP contribution in [0.5, 0.6) is 11.5 Å². The number of carbonyl (C=O) groups excluding carboxylic acids is 1. The molecule has 0 saturated heterocycles. The van der Waals surface area contributed by atoms with Crippen molar-refractivity contribution in [2.24, 2.45) is 0 Å². The lowest BCUT2D eigenvalue weighted by Crippen LogP contribution is -1.92. The molecule has 0 atom stereocenters. The number of benzene rings is 1. The van der Waals surface area contributed by atoms with Gasteiger partial charge in [-0.05, 0) is 36.4 Å². The van der Waals surface area contributed by atoms with Crippen LogP contribution in [-0.4, -0.2) is 20.0 Å². The first-order chi connectivity index (χ1) is 9.63. The van der Waals surface area contributed by atoms with Crippen LogP contribution < -0.4 is 9.47 Å². The van der Waals surface area contributed by atoms with E-state index in [1.807, 2.05) is 12.1 Å². The molecule has 0 aliphatic heterocycles. The van der Waals surface area contributed by atoms with Gasteiger partial charge in [0.2, 0.25) is 0 Å². The van der Waals surface area contributed by atoms with Crippen LogP contribution in [0.15, 0.2) is 36.4 Å². The van der Waals surface area contributed by atoms with Crippen molar-refractivity contribution in [3.8, 4) is 11.5 Å². The second-order valence-corrected chi connectivity index (χ2v) is 5.62. The minimum absolute atomic E-state index is 0.0835. The van der Waals surface area contributed by atoms with Crippen molar-refractivity contribution in [3.05, 3.63) is 51.2 Å². The number of ketones is 1. The third-order valence-corrected chi connectivity index (χ3v) is 3.92. The average molecular weight is 309 g/mol.